The number of hydrogen-bond donors (Lipinski definition) is 1. The van der Waals surface area contributed by atoms with Crippen LogP contribution in [0.3, 0.4) is 0 Å². The fourth-order valence-electron chi connectivity index (χ4n) is 1.33. The number of amidine groups is 2. The normalized spacial score (nSPS) is 16.2. The molecule has 0 amide bonds. The topological polar surface area (TPSA) is 53.8 Å². The van der Waals surface area contributed by atoms with Crippen molar-refractivity contribution in [2.24, 2.45) is 9.98 Å². The van der Waals surface area contributed by atoms with Gasteiger partial charge in [-0.2, -0.15) is 4.99 Å². The van der Waals surface area contributed by atoms with E-state index in [4.69, 9.17) is 11.6 Å². The molecule has 0 saturated carbocycles. The van der Waals surface area contributed by atoms with Gasteiger partial charge in [0, 0.05) is 0 Å². The summed E-state index contributed by atoms with van der Waals surface area (Å²) in [7, 11) is 0. The first-order valence-corrected chi connectivity index (χ1v) is 6.57. The van der Waals surface area contributed by atoms with Gasteiger partial charge >= 0.3 is 0 Å². The molecule has 1 aromatic carbocycles. The summed E-state index contributed by atoms with van der Waals surface area (Å²) in [6, 6.07) is 5.74. The van der Waals surface area contributed by atoms with Crippen molar-refractivity contribution in [2.45, 2.75) is 13.8 Å². The Balaban J connectivity index is 2.01. The van der Waals surface area contributed by atoms with Gasteiger partial charge in [0.2, 0.25) is 0 Å². The summed E-state index contributed by atoms with van der Waals surface area (Å²) in [6.07, 6.45) is 0. The molecule has 6 heteroatoms. The van der Waals surface area contributed by atoms with Crippen molar-refractivity contribution in [3.63, 3.8) is 0 Å². The zero-order valence-electron chi connectivity index (χ0n) is 10.0. The number of thioether (sulfide) groups is 1. The molecule has 0 aliphatic carbocycles. The van der Waals surface area contributed by atoms with Crippen molar-refractivity contribution in [1.82, 2.24) is 0 Å². The number of anilines is 1. The van der Waals surface area contributed by atoms with Crippen LogP contribution in [0.15, 0.2) is 28.2 Å². The molecule has 0 atom stereocenters. The molecule has 1 aliphatic heterocycles. The lowest BCUT2D eigenvalue weighted by Crippen LogP contribution is -2.20. The van der Waals surface area contributed by atoms with Gasteiger partial charge < -0.3 is 5.32 Å². The largest absolute Gasteiger partial charge is 0.333 e. The minimum atomic E-state index is 0.0291. The molecule has 0 spiro atoms. The van der Waals surface area contributed by atoms with Crippen LogP contribution in [0.1, 0.15) is 12.5 Å². The average molecular weight is 282 g/mol. The Labute approximate surface area is 115 Å². The third kappa shape index (κ3) is 3.34. The summed E-state index contributed by atoms with van der Waals surface area (Å²) in [5.41, 5.74) is 1.95. The standard InChI is InChI=1S/C12H12ClN3OS/c1-7-3-4-9(13)10(5-7)15-12-16-11(18-12)14-6-8(2)17/h3-5H,6H2,1-2H3,(H,14,15,16). The number of carbonyl (C=O) groups excluding carboxylic acids is 1. The lowest BCUT2D eigenvalue weighted by Gasteiger charge is -2.17. The lowest BCUT2D eigenvalue weighted by atomic mass is 10.2. The van der Waals surface area contributed by atoms with E-state index in [9.17, 15) is 4.79 Å². The van der Waals surface area contributed by atoms with Crippen molar-refractivity contribution in [3.8, 4) is 0 Å². The Morgan fingerprint density at radius 2 is 2.28 bits per heavy atom. The number of hydrogen-bond acceptors (Lipinski definition) is 4. The molecule has 0 unspecified atom stereocenters. The first-order chi connectivity index (χ1) is 8.54. The fraction of sp³-hybridized carbons (Fsp3) is 0.250. The second kappa shape index (κ2) is 5.54. The highest BCUT2D eigenvalue weighted by Gasteiger charge is 2.18. The van der Waals surface area contributed by atoms with Gasteiger partial charge in [0.15, 0.2) is 16.1 Å². The van der Waals surface area contributed by atoms with Gasteiger partial charge in [-0.25, -0.2) is 0 Å². The molecule has 0 radical (unpaired) electrons. The van der Waals surface area contributed by atoms with Crippen LogP contribution in [0.4, 0.5) is 5.69 Å². The average Bonchev–Trinajstić information content (AvgIpc) is 2.25. The highest BCUT2D eigenvalue weighted by atomic mass is 35.5. The van der Waals surface area contributed by atoms with Crippen LogP contribution < -0.4 is 5.32 Å². The molecule has 1 aliphatic rings. The van der Waals surface area contributed by atoms with Gasteiger partial charge in [-0.15, -0.1) is 0 Å². The third-order valence-corrected chi connectivity index (χ3v) is 3.30. The molecule has 1 heterocycles. The summed E-state index contributed by atoms with van der Waals surface area (Å²) >= 11 is 7.46. The van der Waals surface area contributed by atoms with Crippen LogP contribution in [0.5, 0.6) is 0 Å². The predicted octanol–water partition coefficient (Wildman–Crippen LogP) is 3.11. The van der Waals surface area contributed by atoms with E-state index in [-0.39, 0.29) is 12.3 Å². The zero-order valence-corrected chi connectivity index (χ0v) is 11.6. The summed E-state index contributed by atoms with van der Waals surface area (Å²) < 4.78 is 0. The Morgan fingerprint density at radius 3 is 2.94 bits per heavy atom. The molecule has 4 nitrogen and oxygen atoms in total. The summed E-state index contributed by atoms with van der Waals surface area (Å²) in [5.74, 6) is 0.0291. The van der Waals surface area contributed by atoms with Crippen LogP contribution in [-0.2, 0) is 4.79 Å². The quantitative estimate of drug-likeness (QED) is 0.926. The van der Waals surface area contributed by atoms with Crippen LogP contribution in [0.25, 0.3) is 0 Å². The maximum absolute atomic E-state index is 10.7. The van der Waals surface area contributed by atoms with Crippen LogP contribution in [0, 0.1) is 6.92 Å². The van der Waals surface area contributed by atoms with Gasteiger partial charge in [0.25, 0.3) is 0 Å². The number of halogens is 1. The highest BCUT2D eigenvalue weighted by molar-refractivity contribution is 8.29. The Morgan fingerprint density at radius 1 is 1.56 bits per heavy atom. The molecule has 94 valence electrons. The highest BCUT2D eigenvalue weighted by Crippen LogP contribution is 2.27. The molecular weight excluding hydrogens is 270 g/mol. The Kier molecular flexibility index (Phi) is 4.04. The first-order valence-electron chi connectivity index (χ1n) is 5.38. The SMILES string of the molecule is CC(=O)CN=C1N=C(Nc2cc(C)ccc2Cl)S1. The van der Waals surface area contributed by atoms with E-state index in [1.807, 2.05) is 25.1 Å². The Bertz CT molecular complexity index is 554. The van der Waals surface area contributed by atoms with Gasteiger partial charge in [0.1, 0.15) is 6.54 Å². The van der Waals surface area contributed by atoms with E-state index < -0.39 is 0 Å². The van der Waals surface area contributed by atoms with Crippen molar-refractivity contribution >= 4 is 45.2 Å². The van der Waals surface area contributed by atoms with Crippen molar-refractivity contribution < 1.29 is 4.79 Å². The van der Waals surface area contributed by atoms with Crippen molar-refractivity contribution in [3.05, 3.63) is 28.8 Å². The lowest BCUT2D eigenvalue weighted by molar-refractivity contribution is -0.115. The second-order valence-corrected chi connectivity index (χ2v) is 5.29. The van der Waals surface area contributed by atoms with E-state index in [1.54, 1.807) is 0 Å². The molecular formula is C12H12ClN3OS. The molecule has 0 saturated heterocycles. The van der Waals surface area contributed by atoms with E-state index in [0.29, 0.717) is 10.2 Å². The molecule has 1 N–H and O–H groups in total. The van der Waals surface area contributed by atoms with Crippen LogP contribution >= 0.6 is 23.4 Å². The van der Waals surface area contributed by atoms with Gasteiger partial charge in [-0.1, -0.05) is 17.7 Å². The zero-order chi connectivity index (χ0) is 13.1. The minimum absolute atomic E-state index is 0.0291. The van der Waals surface area contributed by atoms with Crippen molar-refractivity contribution in [1.29, 1.82) is 0 Å². The minimum Gasteiger partial charge on any atom is -0.333 e. The number of nitrogens with zero attached hydrogens (tertiary/aromatic N) is 2. The Hall–Kier alpha value is -1.33. The van der Waals surface area contributed by atoms with Crippen molar-refractivity contribution in [2.75, 3.05) is 11.9 Å². The molecule has 0 aromatic heterocycles. The molecule has 1 aromatic rings. The number of nitrogens with one attached hydrogen (secondary N) is 1. The molecule has 2 rings (SSSR count). The van der Waals surface area contributed by atoms with Crippen LogP contribution in [0.2, 0.25) is 5.02 Å². The third-order valence-electron chi connectivity index (χ3n) is 2.19. The molecule has 18 heavy (non-hydrogen) atoms. The number of aryl methyl sites for hydroxylation is 1. The number of ketones is 1. The van der Waals surface area contributed by atoms with Gasteiger partial charge in [-0.05, 0) is 43.3 Å². The molecule has 0 fully saturated rings. The van der Waals surface area contributed by atoms with E-state index in [1.165, 1.54) is 18.7 Å². The van der Waals surface area contributed by atoms with E-state index in [0.717, 1.165) is 16.4 Å². The fourth-order valence-corrected chi connectivity index (χ4v) is 2.09. The van der Waals surface area contributed by atoms with Crippen LogP contribution in [-0.4, -0.2) is 22.7 Å². The second-order valence-electron chi connectivity index (χ2n) is 3.93. The predicted molar refractivity (Wildman–Crippen MR) is 77.8 cm³/mol. The van der Waals surface area contributed by atoms with Gasteiger partial charge in [-0.3, -0.25) is 9.79 Å². The van der Waals surface area contributed by atoms with E-state index in [2.05, 4.69) is 15.3 Å². The number of rotatable bonds is 3. The summed E-state index contributed by atoms with van der Waals surface area (Å²) in [4.78, 5) is 18.9. The monoisotopic (exact) mass is 281 g/mol. The van der Waals surface area contributed by atoms with Gasteiger partial charge in [0.05, 0.1) is 10.7 Å². The van der Waals surface area contributed by atoms with E-state index >= 15 is 0 Å². The molecule has 0 bridgehead atoms. The first kappa shape index (κ1) is 13.1. The smallest absolute Gasteiger partial charge is 0.193 e. The maximum Gasteiger partial charge on any atom is 0.193 e. The number of Topliss-reactive ketones (excluding diaryl/α,β-unsaturated/α-hetero) is 1. The maximum atomic E-state index is 10.7. The number of benzene rings is 1. The summed E-state index contributed by atoms with van der Waals surface area (Å²) in [6.45, 7) is 3.68. The number of aliphatic imine (C=N–C) groups is 2. The number of carbonyl (C=O) groups is 1. The summed E-state index contributed by atoms with van der Waals surface area (Å²) in [5, 5.41) is 5.13.